The number of anilines is 1. The number of ether oxygens (including phenoxy) is 1. The summed E-state index contributed by atoms with van der Waals surface area (Å²) < 4.78 is 11.2. The summed E-state index contributed by atoms with van der Waals surface area (Å²) in [6, 6.07) is 10.1. The molecule has 0 aliphatic carbocycles. The van der Waals surface area contributed by atoms with E-state index in [9.17, 15) is 4.79 Å². The second-order valence-corrected chi connectivity index (χ2v) is 5.69. The third kappa shape index (κ3) is 4.11. The fourth-order valence-electron chi connectivity index (χ4n) is 2.60. The molecule has 7 nitrogen and oxygen atoms in total. The number of nitrogens with one attached hydrogen (secondary N) is 1. The number of hydrogen-bond donors (Lipinski definition) is 1. The van der Waals surface area contributed by atoms with Crippen LogP contribution in [0, 0.1) is 0 Å². The third-order valence-electron chi connectivity index (χ3n) is 3.95. The predicted molar refractivity (Wildman–Crippen MR) is 88.7 cm³/mol. The maximum absolute atomic E-state index is 11.9. The molecule has 1 fully saturated rings. The van der Waals surface area contributed by atoms with Crippen LogP contribution in [-0.4, -0.2) is 42.4 Å². The van der Waals surface area contributed by atoms with Crippen molar-refractivity contribution < 1.29 is 13.9 Å². The van der Waals surface area contributed by atoms with Gasteiger partial charge in [0, 0.05) is 25.9 Å². The summed E-state index contributed by atoms with van der Waals surface area (Å²) in [6.45, 7) is 4.58. The van der Waals surface area contributed by atoms with Gasteiger partial charge in [-0.15, -0.1) is 5.10 Å². The lowest BCUT2D eigenvalue weighted by Crippen LogP contribution is -2.36. The van der Waals surface area contributed by atoms with Crippen LogP contribution in [0.15, 0.2) is 34.7 Å². The molecule has 1 unspecified atom stereocenters. The first-order chi connectivity index (χ1) is 11.8. The molecule has 1 amide bonds. The summed E-state index contributed by atoms with van der Waals surface area (Å²) in [5.41, 5.74) is 1.10. The van der Waals surface area contributed by atoms with Gasteiger partial charge in [0.15, 0.2) is 0 Å². The van der Waals surface area contributed by atoms with Gasteiger partial charge in [0.25, 0.3) is 0 Å². The molecule has 3 rings (SSSR count). The first-order valence-electron chi connectivity index (χ1n) is 8.25. The number of nitrogens with zero attached hydrogens (tertiary/aromatic N) is 3. The molecule has 128 valence electrons. The highest BCUT2D eigenvalue weighted by atomic mass is 16.5. The molecule has 1 atom stereocenters. The largest absolute Gasteiger partial charge is 0.406 e. The van der Waals surface area contributed by atoms with E-state index in [1.54, 1.807) is 0 Å². The van der Waals surface area contributed by atoms with Crippen LogP contribution in [0.4, 0.5) is 6.01 Å². The molecule has 0 bridgehead atoms. The maximum atomic E-state index is 11.9. The van der Waals surface area contributed by atoms with E-state index >= 15 is 0 Å². The van der Waals surface area contributed by atoms with Crippen molar-refractivity contribution >= 4 is 11.9 Å². The number of benzene rings is 1. The Bertz CT molecular complexity index is 653. The second kappa shape index (κ2) is 7.92. The number of hydrogen-bond acceptors (Lipinski definition) is 6. The number of carbonyl (C=O) groups is 1. The lowest BCUT2D eigenvalue weighted by molar-refractivity contribution is -0.121. The van der Waals surface area contributed by atoms with Gasteiger partial charge in [-0.3, -0.25) is 4.79 Å². The smallest absolute Gasteiger partial charge is 0.318 e. The minimum Gasteiger partial charge on any atom is -0.406 e. The predicted octanol–water partition coefficient (Wildman–Crippen LogP) is 1.72. The Morgan fingerprint density at radius 1 is 1.25 bits per heavy atom. The van der Waals surface area contributed by atoms with E-state index in [2.05, 4.69) is 15.5 Å². The van der Waals surface area contributed by atoms with Crippen molar-refractivity contribution in [1.82, 2.24) is 15.5 Å². The van der Waals surface area contributed by atoms with Gasteiger partial charge in [-0.05, 0) is 5.56 Å². The molecular formula is C17H22N4O3. The molecule has 1 aliphatic heterocycles. The molecule has 1 N–H and O–H groups in total. The average molecular weight is 330 g/mol. The normalized spacial score (nSPS) is 16.0. The SMILES string of the molecule is CCC(=O)NC(Cc1ccccc1)c1nnc(N2CCOCC2)o1. The Morgan fingerprint density at radius 2 is 2.00 bits per heavy atom. The fourth-order valence-corrected chi connectivity index (χ4v) is 2.60. The first kappa shape index (κ1) is 16.4. The molecule has 7 heteroatoms. The van der Waals surface area contributed by atoms with Gasteiger partial charge in [-0.1, -0.05) is 42.4 Å². The highest BCUT2D eigenvalue weighted by Crippen LogP contribution is 2.22. The van der Waals surface area contributed by atoms with Gasteiger partial charge in [0.05, 0.1) is 13.2 Å². The van der Waals surface area contributed by atoms with E-state index < -0.39 is 0 Å². The zero-order valence-corrected chi connectivity index (χ0v) is 13.8. The van der Waals surface area contributed by atoms with Gasteiger partial charge >= 0.3 is 6.01 Å². The number of carbonyl (C=O) groups excluding carboxylic acids is 1. The van der Waals surface area contributed by atoms with Gasteiger partial charge < -0.3 is 19.4 Å². The molecular weight excluding hydrogens is 308 g/mol. The number of amides is 1. The summed E-state index contributed by atoms with van der Waals surface area (Å²) in [7, 11) is 0. The molecule has 1 aromatic heterocycles. The van der Waals surface area contributed by atoms with Crippen molar-refractivity contribution in [3.05, 3.63) is 41.8 Å². The van der Waals surface area contributed by atoms with Crippen LogP contribution in [-0.2, 0) is 16.0 Å². The lowest BCUT2D eigenvalue weighted by Gasteiger charge is -2.24. The van der Waals surface area contributed by atoms with E-state index in [1.807, 2.05) is 42.2 Å². The molecule has 2 aromatic rings. The zero-order chi connectivity index (χ0) is 16.8. The topological polar surface area (TPSA) is 80.5 Å². The van der Waals surface area contributed by atoms with E-state index in [0.29, 0.717) is 38.0 Å². The van der Waals surface area contributed by atoms with Crippen molar-refractivity contribution in [2.75, 3.05) is 31.2 Å². The van der Waals surface area contributed by atoms with Crippen molar-refractivity contribution in [3.63, 3.8) is 0 Å². The summed E-state index contributed by atoms with van der Waals surface area (Å²) in [5, 5.41) is 11.3. The molecule has 0 spiro atoms. The minimum absolute atomic E-state index is 0.0398. The molecule has 1 aromatic carbocycles. The number of aromatic nitrogens is 2. The zero-order valence-electron chi connectivity index (χ0n) is 13.8. The van der Waals surface area contributed by atoms with Crippen molar-refractivity contribution in [2.45, 2.75) is 25.8 Å². The fraction of sp³-hybridized carbons (Fsp3) is 0.471. The monoisotopic (exact) mass is 330 g/mol. The standard InChI is InChI=1S/C17H22N4O3/c1-2-15(22)18-14(12-13-6-4-3-5-7-13)16-19-20-17(24-16)21-8-10-23-11-9-21/h3-7,14H,2,8-12H2,1H3,(H,18,22). The molecule has 1 saturated heterocycles. The number of morpholine rings is 1. The van der Waals surface area contributed by atoms with Gasteiger partial charge in [0.1, 0.15) is 6.04 Å². The summed E-state index contributed by atoms with van der Waals surface area (Å²) in [5.74, 6) is 0.393. The Kier molecular flexibility index (Phi) is 5.43. The maximum Gasteiger partial charge on any atom is 0.318 e. The Balaban J connectivity index is 1.76. The van der Waals surface area contributed by atoms with Crippen molar-refractivity contribution in [2.24, 2.45) is 0 Å². The van der Waals surface area contributed by atoms with Crippen LogP contribution in [0.25, 0.3) is 0 Å². The van der Waals surface area contributed by atoms with Gasteiger partial charge in [0.2, 0.25) is 11.8 Å². The molecule has 24 heavy (non-hydrogen) atoms. The average Bonchev–Trinajstić information content (AvgIpc) is 3.13. The van der Waals surface area contributed by atoms with Crippen LogP contribution in [0.3, 0.4) is 0 Å². The summed E-state index contributed by atoms with van der Waals surface area (Å²) in [4.78, 5) is 13.9. The van der Waals surface area contributed by atoms with E-state index in [-0.39, 0.29) is 11.9 Å². The van der Waals surface area contributed by atoms with Gasteiger partial charge in [-0.2, -0.15) is 0 Å². The van der Waals surface area contributed by atoms with E-state index in [4.69, 9.17) is 9.15 Å². The highest BCUT2D eigenvalue weighted by Gasteiger charge is 2.23. The first-order valence-corrected chi connectivity index (χ1v) is 8.25. The minimum atomic E-state index is -0.331. The Labute approximate surface area is 141 Å². The van der Waals surface area contributed by atoms with E-state index in [0.717, 1.165) is 18.7 Å². The molecule has 2 heterocycles. The van der Waals surface area contributed by atoms with E-state index in [1.165, 1.54) is 0 Å². The summed E-state index contributed by atoms with van der Waals surface area (Å²) in [6.07, 6.45) is 1.02. The Hall–Kier alpha value is -2.41. The van der Waals surface area contributed by atoms with Crippen LogP contribution < -0.4 is 10.2 Å². The lowest BCUT2D eigenvalue weighted by atomic mass is 10.1. The van der Waals surface area contributed by atoms with Gasteiger partial charge in [-0.25, -0.2) is 0 Å². The Morgan fingerprint density at radius 3 is 2.71 bits per heavy atom. The van der Waals surface area contributed by atoms with Crippen LogP contribution in [0.2, 0.25) is 0 Å². The summed E-state index contributed by atoms with van der Waals surface area (Å²) >= 11 is 0. The van der Waals surface area contributed by atoms with Crippen LogP contribution >= 0.6 is 0 Å². The highest BCUT2D eigenvalue weighted by molar-refractivity contribution is 5.75. The van der Waals surface area contributed by atoms with Crippen LogP contribution in [0.5, 0.6) is 0 Å². The quantitative estimate of drug-likeness (QED) is 0.868. The van der Waals surface area contributed by atoms with Crippen molar-refractivity contribution in [3.8, 4) is 0 Å². The molecule has 1 aliphatic rings. The van der Waals surface area contributed by atoms with Crippen LogP contribution in [0.1, 0.15) is 30.8 Å². The molecule has 0 radical (unpaired) electrons. The third-order valence-corrected chi connectivity index (χ3v) is 3.95. The van der Waals surface area contributed by atoms with Crippen molar-refractivity contribution in [1.29, 1.82) is 0 Å². The number of rotatable bonds is 6. The second-order valence-electron chi connectivity index (χ2n) is 5.69. The molecule has 0 saturated carbocycles.